The Morgan fingerprint density at radius 3 is 2.28 bits per heavy atom. The van der Waals surface area contributed by atoms with Crippen LogP contribution in [0.1, 0.15) is 27.7 Å². The number of anilines is 1. The van der Waals surface area contributed by atoms with Crippen molar-refractivity contribution in [2.75, 3.05) is 31.2 Å². The van der Waals surface area contributed by atoms with E-state index in [0.717, 1.165) is 26.3 Å². The smallest absolute Gasteiger partial charge is 0.214 e. The molecule has 2 heterocycles. The summed E-state index contributed by atoms with van der Waals surface area (Å²) >= 11 is 0. The van der Waals surface area contributed by atoms with Crippen molar-refractivity contribution in [3.8, 4) is 0 Å². The molecule has 0 unspecified atom stereocenters. The van der Waals surface area contributed by atoms with Gasteiger partial charge in [0.05, 0.1) is 18.6 Å². The molecule has 0 saturated carbocycles. The number of rotatable bonds is 1. The highest BCUT2D eigenvalue weighted by Gasteiger charge is 2.15. The lowest BCUT2D eigenvalue weighted by molar-refractivity contribution is -0.643. The normalized spacial score (nSPS) is 13.7. The number of hydrogen-bond donors (Lipinski definition) is 0. The summed E-state index contributed by atoms with van der Waals surface area (Å²) in [5.74, 6) is 0. The minimum Gasteiger partial charge on any atom is -0.378 e. The molecule has 3 nitrogen and oxygen atoms in total. The van der Waals surface area contributed by atoms with Gasteiger partial charge in [-0.3, -0.25) is 0 Å². The third-order valence-corrected chi connectivity index (χ3v) is 4.32. The van der Waals surface area contributed by atoms with Crippen molar-refractivity contribution >= 4 is 27.4 Å². The van der Waals surface area contributed by atoms with Crippen molar-refractivity contribution in [3.63, 3.8) is 0 Å². The lowest BCUT2D eigenvalue weighted by Crippen LogP contribution is -2.36. The monoisotopic (exact) mass is 339 g/mol. The zero-order valence-corrected chi connectivity index (χ0v) is 16.2. The van der Waals surface area contributed by atoms with Crippen molar-refractivity contribution in [1.29, 1.82) is 0 Å². The number of aromatic nitrogens is 1. The fraction of sp³-hybridized carbons (Fsp3) is 0.409. The molecular formula is C22H31N2O+. The zero-order valence-electron chi connectivity index (χ0n) is 16.2. The number of hydrogen-bond acceptors (Lipinski definition) is 2. The topological polar surface area (TPSA) is 16.4 Å². The van der Waals surface area contributed by atoms with Gasteiger partial charge in [0.2, 0.25) is 5.52 Å². The van der Waals surface area contributed by atoms with Gasteiger partial charge in [-0.25, -0.2) is 4.57 Å². The number of fused-ring (bicyclic) bond motifs is 3. The van der Waals surface area contributed by atoms with Crippen LogP contribution < -0.4 is 9.47 Å². The summed E-state index contributed by atoms with van der Waals surface area (Å²) in [7, 11) is 2.12. The predicted molar refractivity (Wildman–Crippen MR) is 108 cm³/mol. The maximum absolute atomic E-state index is 5.44. The van der Waals surface area contributed by atoms with Crippen LogP contribution in [0.3, 0.4) is 0 Å². The first-order chi connectivity index (χ1) is 12.3. The summed E-state index contributed by atoms with van der Waals surface area (Å²) < 4.78 is 7.67. The molecule has 3 heteroatoms. The van der Waals surface area contributed by atoms with Crippen LogP contribution >= 0.6 is 0 Å². The molecule has 0 bridgehead atoms. The lowest BCUT2D eigenvalue weighted by atomic mass is 10.1. The van der Waals surface area contributed by atoms with Gasteiger partial charge < -0.3 is 9.64 Å². The highest BCUT2D eigenvalue weighted by Crippen LogP contribution is 2.26. The molecule has 1 aliphatic heterocycles. The summed E-state index contributed by atoms with van der Waals surface area (Å²) in [6.45, 7) is 11.6. The van der Waals surface area contributed by atoms with Crippen LogP contribution in [-0.4, -0.2) is 26.3 Å². The van der Waals surface area contributed by atoms with Crippen molar-refractivity contribution in [2.45, 2.75) is 27.7 Å². The Hall–Kier alpha value is -2.13. The average Bonchev–Trinajstić information content (AvgIpc) is 2.71. The first-order valence-corrected chi connectivity index (χ1v) is 9.47. The lowest BCUT2D eigenvalue weighted by Gasteiger charge is -2.28. The molecule has 134 valence electrons. The maximum atomic E-state index is 5.44. The van der Waals surface area contributed by atoms with Gasteiger partial charge >= 0.3 is 0 Å². The zero-order chi connectivity index (χ0) is 18.2. The van der Waals surface area contributed by atoms with E-state index in [1.807, 2.05) is 27.7 Å². The van der Waals surface area contributed by atoms with Gasteiger partial charge in [0, 0.05) is 35.6 Å². The predicted octanol–water partition coefficient (Wildman–Crippen LogP) is 4.71. The summed E-state index contributed by atoms with van der Waals surface area (Å²) in [4.78, 5) is 2.40. The van der Waals surface area contributed by atoms with E-state index in [2.05, 4.69) is 65.2 Å². The number of ether oxygens (including phenoxy) is 1. The fourth-order valence-corrected chi connectivity index (χ4v) is 3.19. The molecule has 1 fully saturated rings. The van der Waals surface area contributed by atoms with Gasteiger partial charge in [0.15, 0.2) is 6.20 Å². The standard InChI is InChI=1S/C18H19N2O.2C2H6/c1-19-13-14-4-2-3-5-16(14)17-7-6-15(12-18(17)19)20-8-10-21-11-9-20;2*1-2/h2-7,12-13H,8-11H2,1H3;2*1-2H3/q+1;;. The minimum absolute atomic E-state index is 0.821. The molecular weight excluding hydrogens is 308 g/mol. The molecule has 25 heavy (non-hydrogen) atoms. The highest BCUT2D eigenvalue weighted by molar-refractivity contribution is 6.04. The molecule has 0 N–H and O–H groups in total. The fourth-order valence-electron chi connectivity index (χ4n) is 3.19. The molecule has 0 spiro atoms. The summed E-state index contributed by atoms with van der Waals surface area (Å²) in [6.07, 6.45) is 2.21. The van der Waals surface area contributed by atoms with E-state index in [4.69, 9.17) is 4.74 Å². The van der Waals surface area contributed by atoms with Crippen LogP contribution in [0.5, 0.6) is 0 Å². The van der Waals surface area contributed by atoms with Crippen molar-refractivity contribution in [3.05, 3.63) is 48.7 Å². The second kappa shape index (κ2) is 9.38. The summed E-state index contributed by atoms with van der Waals surface area (Å²) in [5.41, 5.74) is 2.56. The maximum Gasteiger partial charge on any atom is 0.214 e. The average molecular weight is 340 g/mol. The van der Waals surface area contributed by atoms with E-state index in [9.17, 15) is 0 Å². The van der Waals surface area contributed by atoms with E-state index in [1.54, 1.807) is 0 Å². The van der Waals surface area contributed by atoms with Crippen LogP contribution in [0.4, 0.5) is 5.69 Å². The van der Waals surface area contributed by atoms with Gasteiger partial charge in [-0.15, -0.1) is 0 Å². The molecule has 1 saturated heterocycles. The third kappa shape index (κ3) is 4.10. The first kappa shape index (κ1) is 19.2. The second-order valence-corrected chi connectivity index (χ2v) is 5.63. The number of morpholine rings is 1. The number of benzene rings is 2. The molecule has 0 atom stereocenters. The quantitative estimate of drug-likeness (QED) is 0.472. The van der Waals surface area contributed by atoms with Gasteiger partial charge in [-0.05, 0) is 18.2 Å². The molecule has 3 aromatic rings. The van der Waals surface area contributed by atoms with Gasteiger partial charge in [-0.2, -0.15) is 0 Å². The van der Waals surface area contributed by atoms with Crippen molar-refractivity contribution in [2.24, 2.45) is 7.05 Å². The Kier molecular flexibility index (Phi) is 7.20. The van der Waals surface area contributed by atoms with E-state index in [1.165, 1.54) is 27.4 Å². The molecule has 0 radical (unpaired) electrons. The molecule has 0 amide bonds. The second-order valence-electron chi connectivity index (χ2n) is 5.63. The van der Waals surface area contributed by atoms with Gasteiger partial charge in [0.1, 0.15) is 7.05 Å². The molecule has 1 aliphatic rings. The number of nitrogens with zero attached hydrogens (tertiary/aromatic N) is 2. The summed E-state index contributed by atoms with van der Waals surface area (Å²) in [5, 5.41) is 3.92. The molecule has 1 aromatic heterocycles. The number of aryl methyl sites for hydroxylation is 1. The molecule has 0 aliphatic carbocycles. The molecule has 2 aromatic carbocycles. The van der Waals surface area contributed by atoms with Crippen molar-refractivity contribution in [1.82, 2.24) is 0 Å². The third-order valence-electron chi connectivity index (χ3n) is 4.32. The Morgan fingerprint density at radius 1 is 0.880 bits per heavy atom. The van der Waals surface area contributed by atoms with E-state index in [0.29, 0.717) is 0 Å². The first-order valence-electron chi connectivity index (χ1n) is 9.47. The Balaban J connectivity index is 0.000000528. The minimum atomic E-state index is 0.821. The van der Waals surface area contributed by atoms with E-state index >= 15 is 0 Å². The van der Waals surface area contributed by atoms with Crippen molar-refractivity contribution < 1.29 is 9.30 Å². The van der Waals surface area contributed by atoms with E-state index < -0.39 is 0 Å². The highest BCUT2D eigenvalue weighted by atomic mass is 16.5. The van der Waals surface area contributed by atoms with Crippen LogP contribution in [0.2, 0.25) is 0 Å². The van der Waals surface area contributed by atoms with E-state index in [-0.39, 0.29) is 0 Å². The van der Waals surface area contributed by atoms with Crippen LogP contribution in [0, 0.1) is 0 Å². The largest absolute Gasteiger partial charge is 0.378 e. The van der Waals surface area contributed by atoms with Crippen LogP contribution in [0.25, 0.3) is 21.7 Å². The Bertz CT molecular complexity index is 808. The van der Waals surface area contributed by atoms with Crippen LogP contribution in [0.15, 0.2) is 48.7 Å². The van der Waals surface area contributed by atoms with Crippen LogP contribution in [-0.2, 0) is 11.8 Å². The Labute approximate surface area is 151 Å². The SMILES string of the molecule is CC.CC.C[n+]1cc2ccccc2c2ccc(N3CCOCC3)cc21. The van der Waals surface area contributed by atoms with Gasteiger partial charge in [0.25, 0.3) is 0 Å². The van der Waals surface area contributed by atoms with Gasteiger partial charge in [-0.1, -0.05) is 45.9 Å². The summed E-state index contributed by atoms with van der Waals surface area (Å²) in [6, 6.07) is 15.4. The molecule has 4 rings (SSSR count). The number of pyridine rings is 1. The Morgan fingerprint density at radius 2 is 1.56 bits per heavy atom.